The van der Waals surface area contributed by atoms with Crippen molar-refractivity contribution in [1.29, 1.82) is 0 Å². The van der Waals surface area contributed by atoms with E-state index in [9.17, 15) is 4.79 Å². The van der Waals surface area contributed by atoms with Crippen molar-refractivity contribution in [1.82, 2.24) is 15.1 Å². The first-order valence-electron chi connectivity index (χ1n) is 9.45. The van der Waals surface area contributed by atoms with Gasteiger partial charge in [0, 0.05) is 52.2 Å². The lowest BCUT2D eigenvalue weighted by Crippen LogP contribution is -2.42. The van der Waals surface area contributed by atoms with Gasteiger partial charge >= 0.3 is 0 Å². The molecule has 1 amide bonds. The molecule has 2 aliphatic rings. The first kappa shape index (κ1) is 22.5. The van der Waals surface area contributed by atoms with E-state index in [-0.39, 0.29) is 29.9 Å². The molecule has 0 spiro atoms. The van der Waals surface area contributed by atoms with Crippen LogP contribution in [0.1, 0.15) is 39.5 Å². The van der Waals surface area contributed by atoms with Crippen LogP contribution in [0, 0.1) is 11.8 Å². The van der Waals surface area contributed by atoms with Crippen molar-refractivity contribution in [3.05, 3.63) is 0 Å². The molecule has 0 aromatic rings. The van der Waals surface area contributed by atoms with Gasteiger partial charge in [-0.2, -0.15) is 0 Å². The van der Waals surface area contributed by atoms with E-state index < -0.39 is 0 Å². The van der Waals surface area contributed by atoms with Gasteiger partial charge in [-0.15, -0.1) is 24.0 Å². The highest BCUT2D eigenvalue weighted by molar-refractivity contribution is 14.0. The highest BCUT2D eigenvalue weighted by atomic mass is 127. The van der Waals surface area contributed by atoms with Gasteiger partial charge in [0.15, 0.2) is 5.96 Å². The van der Waals surface area contributed by atoms with Crippen LogP contribution in [-0.2, 0) is 9.53 Å². The summed E-state index contributed by atoms with van der Waals surface area (Å²) in [5.41, 5.74) is 0. The maximum Gasteiger partial charge on any atom is 0.224 e. The SMILES string of the molecule is CCNC(=NCCC(=O)N1CCCC(C)C1)N(C)CC1CCOC1.I. The number of likely N-dealkylation sites (tertiary alicyclic amines) is 1. The van der Waals surface area contributed by atoms with Crippen LogP contribution >= 0.6 is 24.0 Å². The fraction of sp³-hybridized carbons (Fsp3) is 0.889. The van der Waals surface area contributed by atoms with Gasteiger partial charge in [-0.3, -0.25) is 9.79 Å². The van der Waals surface area contributed by atoms with Crippen LogP contribution < -0.4 is 5.32 Å². The second-order valence-corrected chi connectivity index (χ2v) is 7.18. The monoisotopic (exact) mass is 466 g/mol. The number of piperidine rings is 1. The van der Waals surface area contributed by atoms with Crippen LogP contribution in [0.4, 0.5) is 0 Å². The second-order valence-electron chi connectivity index (χ2n) is 7.18. The predicted molar refractivity (Wildman–Crippen MR) is 113 cm³/mol. The number of nitrogens with zero attached hydrogens (tertiary/aromatic N) is 3. The van der Waals surface area contributed by atoms with Gasteiger partial charge < -0.3 is 19.9 Å². The first-order valence-corrected chi connectivity index (χ1v) is 9.45. The van der Waals surface area contributed by atoms with E-state index in [1.54, 1.807) is 0 Å². The summed E-state index contributed by atoms with van der Waals surface area (Å²) >= 11 is 0. The Balaban J connectivity index is 0.00000312. The number of ether oxygens (including phenoxy) is 1. The van der Waals surface area contributed by atoms with Crippen LogP contribution in [0.15, 0.2) is 4.99 Å². The van der Waals surface area contributed by atoms with Gasteiger partial charge in [0.2, 0.25) is 5.91 Å². The average Bonchev–Trinajstić information content (AvgIpc) is 3.06. The van der Waals surface area contributed by atoms with Crippen molar-refractivity contribution in [2.24, 2.45) is 16.8 Å². The van der Waals surface area contributed by atoms with E-state index in [1.807, 2.05) is 4.90 Å². The molecular weight excluding hydrogens is 431 g/mol. The quantitative estimate of drug-likeness (QED) is 0.371. The molecule has 0 aliphatic carbocycles. The van der Waals surface area contributed by atoms with Crippen molar-refractivity contribution in [2.75, 3.05) is 53.0 Å². The second kappa shape index (κ2) is 11.9. The Hall–Kier alpha value is -0.570. The maximum absolute atomic E-state index is 12.3. The predicted octanol–water partition coefficient (Wildman–Crippen LogP) is 2.19. The molecule has 7 heteroatoms. The number of carbonyl (C=O) groups is 1. The van der Waals surface area contributed by atoms with Gasteiger partial charge in [0.05, 0.1) is 13.2 Å². The lowest BCUT2D eigenvalue weighted by molar-refractivity contribution is -0.132. The van der Waals surface area contributed by atoms with E-state index in [0.29, 0.717) is 24.8 Å². The number of hydrogen-bond acceptors (Lipinski definition) is 3. The molecular formula is C18H35IN4O2. The average molecular weight is 466 g/mol. The van der Waals surface area contributed by atoms with E-state index in [0.717, 1.165) is 58.2 Å². The summed E-state index contributed by atoms with van der Waals surface area (Å²) in [7, 11) is 2.06. The molecule has 0 aromatic heterocycles. The standard InChI is InChI=1S/C18H34N4O2.HI/c1-4-19-18(21(3)13-16-8-11-24-14-16)20-9-7-17(23)22-10-5-6-15(2)12-22;/h15-16H,4-14H2,1-3H3,(H,19,20);1H. The summed E-state index contributed by atoms with van der Waals surface area (Å²) in [5, 5.41) is 3.33. The van der Waals surface area contributed by atoms with E-state index in [1.165, 1.54) is 6.42 Å². The van der Waals surface area contributed by atoms with Crippen molar-refractivity contribution in [2.45, 2.75) is 39.5 Å². The van der Waals surface area contributed by atoms with Crippen LogP contribution in [0.2, 0.25) is 0 Å². The number of hydrogen-bond donors (Lipinski definition) is 1. The van der Waals surface area contributed by atoms with E-state index >= 15 is 0 Å². The lowest BCUT2D eigenvalue weighted by Gasteiger charge is -2.31. The zero-order valence-corrected chi connectivity index (χ0v) is 18.3. The number of aliphatic imine (C=N–C) groups is 1. The van der Waals surface area contributed by atoms with Crippen molar-refractivity contribution in [3.63, 3.8) is 0 Å². The van der Waals surface area contributed by atoms with E-state index in [2.05, 4.69) is 36.1 Å². The van der Waals surface area contributed by atoms with Crippen LogP contribution in [0.5, 0.6) is 0 Å². The number of guanidine groups is 1. The normalized spacial score (nSPS) is 24.0. The van der Waals surface area contributed by atoms with Crippen molar-refractivity contribution < 1.29 is 9.53 Å². The number of nitrogens with one attached hydrogen (secondary N) is 1. The molecule has 25 heavy (non-hydrogen) atoms. The van der Waals surface area contributed by atoms with Crippen LogP contribution in [-0.4, -0.2) is 74.7 Å². The fourth-order valence-corrected chi connectivity index (χ4v) is 3.50. The highest BCUT2D eigenvalue weighted by Gasteiger charge is 2.21. The first-order chi connectivity index (χ1) is 11.6. The van der Waals surface area contributed by atoms with Crippen molar-refractivity contribution >= 4 is 35.8 Å². The summed E-state index contributed by atoms with van der Waals surface area (Å²) in [4.78, 5) is 21.2. The summed E-state index contributed by atoms with van der Waals surface area (Å²) in [6, 6.07) is 0. The molecule has 2 unspecified atom stereocenters. The molecule has 2 saturated heterocycles. The summed E-state index contributed by atoms with van der Waals surface area (Å²) in [6.45, 7) is 10.2. The summed E-state index contributed by atoms with van der Waals surface area (Å²) in [6.07, 6.45) is 3.99. The molecule has 2 fully saturated rings. The summed E-state index contributed by atoms with van der Waals surface area (Å²) < 4.78 is 5.45. The van der Waals surface area contributed by atoms with Gasteiger partial charge in [-0.05, 0) is 32.1 Å². The zero-order valence-electron chi connectivity index (χ0n) is 16.0. The minimum atomic E-state index is 0. The van der Waals surface area contributed by atoms with Crippen LogP contribution in [0.25, 0.3) is 0 Å². The third kappa shape index (κ3) is 7.68. The molecule has 2 atom stereocenters. The molecule has 1 N–H and O–H groups in total. The smallest absolute Gasteiger partial charge is 0.224 e. The molecule has 0 aromatic carbocycles. The largest absolute Gasteiger partial charge is 0.381 e. The minimum Gasteiger partial charge on any atom is -0.381 e. The number of rotatable bonds is 6. The third-order valence-electron chi connectivity index (χ3n) is 4.85. The Morgan fingerprint density at radius 3 is 2.84 bits per heavy atom. The Kier molecular flexibility index (Phi) is 10.7. The third-order valence-corrected chi connectivity index (χ3v) is 4.85. The Bertz CT molecular complexity index is 427. The highest BCUT2D eigenvalue weighted by Crippen LogP contribution is 2.16. The molecule has 6 nitrogen and oxygen atoms in total. The Labute approximate surface area is 169 Å². The van der Waals surface area contributed by atoms with Gasteiger partial charge in [0.1, 0.15) is 0 Å². The van der Waals surface area contributed by atoms with Gasteiger partial charge in [-0.1, -0.05) is 6.92 Å². The zero-order chi connectivity index (χ0) is 17.4. The number of amides is 1. The molecule has 0 radical (unpaired) electrons. The van der Waals surface area contributed by atoms with Crippen molar-refractivity contribution in [3.8, 4) is 0 Å². The molecule has 0 saturated carbocycles. The molecule has 146 valence electrons. The molecule has 2 aliphatic heterocycles. The fourth-order valence-electron chi connectivity index (χ4n) is 3.50. The number of halogens is 1. The lowest BCUT2D eigenvalue weighted by atomic mass is 10.00. The topological polar surface area (TPSA) is 57.2 Å². The molecule has 0 bridgehead atoms. The molecule has 2 rings (SSSR count). The Morgan fingerprint density at radius 2 is 2.20 bits per heavy atom. The minimum absolute atomic E-state index is 0. The van der Waals surface area contributed by atoms with E-state index in [4.69, 9.17) is 4.74 Å². The van der Waals surface area contributed by atoms with Gasteiger partial charge in [-0.25, -0.2) is 0 Å². The molecule has 2 heterocycles. The Morgan fingerprint density at radius 1 is 1.40 bits per heavy atom. The van der Waals surface area contributed by atoms with Gasteiger partial charge in [0.25, 0.3) is 0 Å². The summed E-state index contributed by atoms with van der Waals surface area (Å²) in [5.74, 6) is 2.34. The number of carbonyl (C=O) groups excluding carboxylic acids is 1. The maximum atomic E-state index is 12.3. The van der Waals surface area contributed by atoms with Crippen LogP contribution in [0.3, 0.4) is 0 Å².